The van der Waals surface area contributed by atoms with Gasteiger partial charge >= 0.3 is 0 Å². The molecule has 1 N–H and O–H groups in total. The molecule has 0 saturated carbocycles. The number of nitrogens with one attached hydrogen (secondary N) is 1. The van der Waals surface area contributed by atoms with E-state index in [-0.39, 0.29) is 11.5 Å². The van der Waals surface area contributed by atoms with Gasteiger partial charge < -0.3 is 19.5 Å². The lowest BCUT2D eigenvalue weighted by atomic mass is 9.95. The number of thiazole rings is 1. The van der Waals surface area contributed by atoms with Crippen LogP contribution in [0.3, 0.4) is 0 Å². The summed E-state index contributed by atoms with van der Waals surface area (Å²) >= 11 is 1.29. The smallest absolute Gasteiger partial charge is 0.271 e. The molecule has 8 nitrogen and oxygen atoms in total. The van der Waals surface area contributed by atoms with Crippen LogP contribution in [-0.4, -0.2) is 24.7 Å². The zero-order chi connectivity index (χ0) is 32.2. The molecule has 2 heterocycles. The molecule has 0 fully saturated rings. The van der Waals surface area contributed by atoms with E-state index in [1.165, 1.54) is 11.3 Å². The Hall–Kier alpha value is -5.41. The Balaban J connectivity index is 1.41. The SMILES string of the molecule is COc1ccc(C2C(C(=O)Nc3ccccc3)=C(C)N=c3s/c(=C/c4ccc(OC)c(COc5ccccc5C)c4)c(=O)n32)cc1. The lowest BCUT2D eigenvalue weighted by Gasteiger charge is -2.25. The molecule has 1 aliphatic heterocycles. The second kappa shape index (κ2) is 13.3. The normalized spacial score (nSPS) is 14.3. The summed E-state index contributed by atoms with van der Waals surface area (Å²) in [4.78, 5) is 33.2. The predicted molar refractivity (Wildman–Crippen MR) is 180 cm³/mol. The number of hydrogen-bond acceptors (Lipinski definition) is 7. The van der Waals surface area contributed by atoms with Crippen molar-refractivity contribution in [1.82, 2.24) is 4.57 Å². The minimum atomic E-state index is -0.693. The molecule has 6 rings (SSSR count). The van der Waals surface area contributed by atoms with Gasteiger partial charge in [0.25, 0.3) is 11.5 Å². The van der Waals surface area contributed by atoms with Crippen molar-refractivity contribution in [2.75, 3.05) is 19.5 Å². The molecule has 1 amide bonds. The molecule has 1 aliphatic rings. The number of methoxy groups -OCH3 is 2. The van der Waals surface area contributed by atoms with E-state index in [1.807, 2.05) is 110 Å². The fourth-order valence-electron chi connectivity index (χ4n) is 5.46. The van der Waals surface area contributed by atoms with Crippen molar-refractivity contribution in [3.8, 4) is 17.2 Å². The van der Waals surface area contributed by atoms with E-state index in [1.54, 1.807) is 25.7 Å². The Labute approximate surface area is 270 Å². The van der Waals surface area contributed by atoms with Crippen LogP contribution in [0.4, 0.5) is 5.69 Å². The van der Waals surface area contributed by atoms with E-state index in [9.17, 15) is 9.59 Å². The third kappa shape index (κ3) is 6.23. The van der Waals surface area contributed by atoms with E-state index >= 15 is 0 Å². The Bertz CT molecular complexity index is 2120. The van der Waals surface area contributed by atoms with Gasteiger partial charge in [-0.1, -0.05) is 65.9 Å². The molecule has 5 aromatic rings. The number of aryl methyl sites for hydroxylation is 1. The minimum Gasteiger partial charge on any atom is -0.497 e. The lowest BCUT2D eigenvalue weighted by molar-refractivity contribution is -0.113. The van der Waals surface area contributed by atoms with Crippen LogP contribution in [-0.2, 0) is 11.4 Å². The van der Waals surface area contributed by atoms with Crippen LogP contribution < -0.4 is 34.4 Å². The summed E-state index contributed by atoms with van der Waals surface area (Å²) < 4.78 is 19.2. The molecular weight excluding hydrogens is 598 g/mol. The summed E-state index contributed by atoms with van der Waals surface area (Å²) in [5.41, 5.74) is 4.82. The van der Waals surface area contributed by atoms with Crippen molar-refractivity contribution >= 4 is 29.0 Å². The van der Waals surface area contributed by atoms with E-state index in [4.69, 9.17) is 19.2 Å². The highest BCUT2D eigenvalue weighted by Gasteiger charge is 2.32. The summed E-state index contributed by atoms with van der Waals surface area (Å²) in [5, 5.41) is 2.98. The molecule has 0 bridgehead atoms. The van der Waals surface area contributed by atoms with Crippen LogP contribution in [0, 0.1) is 6.92 Å². The summed E-state index contributed by atoms with van der Waals surface area (Å²) in [6.45, 7) is 4.10. The number of carbonyl (C=O) groups is 1. The largest absolute Gasteiger partial charge is 0.497 e. The van der Waals surface area contributed by atoms with Crippen LogP contribution >= 0.6 is 11.3 Å². The zero-order valence-corrected chi connectivity index (χ0v) is 26.8. The molecule has 0 radical (unpaired) electrons. The second-order valence-electron chi connectivity index (χ2n) is 10.8. The number of nitrogens with zero attached hydrogens (tertiary/aromatic N) is 2. The summed E-state index contributed by atoms with van der Waals surface area (Å²) in [6, 6.07) is 29.5. The number of aromatic nitrogens is 1. The Morgan fingerprint density at radius 2 is 1.65 bits per heavy atom. The van der Waals surface area contributed by atoms with Gasteiger partial charge in [-0.15, -0.1) is 0 Å². The first-order valence-electron chi connectivity index (χ1n) is 14.7. The third-order valence-electron chi connectivity index (χ3n) is 7.81. The van der Waals surface area contributed by atoms with Gasteiger partial charge in [0.15, 0.2) is 4.80 Å². The van der Waals surface area contributed by atoms with Gasteiger partial charge in [0.1, 0.15) is 23.9 Å². The molecule has 0 saturated heterocycles. The molecule has 1 atom stereocenters. The van der Waals surface area contributed by atoms with Crippen LogP contribution in [0.25, 0.3) is 6.08 Å². The summed E-state index contributed by atoms with van der Waals surface area (Å²) in [5.74, 6) is 1.84. The molecule has 1 unspecified atom stereocenters. The van der Waals surface area contributed by atoms with Crippen molar-refractivity contribution in [3.05, 3.63) is 150 Å². The quantitative estimate of drug-likeness (QED) is 0.223. The molecule has 0 spiro atoms. The highest BCUT2D eigenvalue weighted by Crippen LogP contribution is 2.32. The fraction of sp³-hybridized carbons (Fsp3) is 0.162. The van der Waals surface area contributed by atoms with E-state index in [2.05, 4.69) is 5.32 Å². The topological polar surface area (TPSA) is 91.2 Å². The molecular formula is C37H33N3O5S. The molecule has 9 heteroatoms. The predicted octanol–water partition coefficient (Wildman–Crippen LogP) is 5.78. The average molecular weight is 632 g/mol. The van der Waals surface area contributed by atoms with Crippen LogP contribution in [0.2, 0.25) is 0 Å². The van der Waals surface area contributed by atoms with Crippen molar-refractivity contribution in [2.24, 2.45) is 4.99 Å². The lowest BCUT2D eigenvalue weighted by Crippen LogP contribution is -2.40. The Kier molecular flexibility index (Phi) is 8.85. The average Bonchev–Trinajstić information content (AvgIpc) is 3.37. The number of rotatable bonds is 9. The van der Waals surface area contributed by atoms with E-state index in [0.29, 0.717) is 44.4 Å². The molecule has 0 aliphatic carbocycles. The molecule has 1 aromatic heterocycles. The maximum atomic E-state index is 14.2. The number of hydrogen-bond donors (Lipinski definition) is 1. The highest BCUT2D eigenvalue weighted by atomic mass is 32.1. The first-order chi connectivity index (χ1) is 22.4. The van der Waals surface area contributed by atoms with Gasteiger partial charge in [-0.25, -0.2) is 4.99 Å². The van der Waals surface area contributed by atoms with Gasteiger partial charge in [-0.05, 0) is 79.1 Å². The van der Waals surface area contributed by atoms with Gasteiger partial charge in [-0.3, -0.25) is 14.2 Å². The van der Waals surface area contributed by atoms with Gasteiger partial charge in [-0.2, -0.15) is 0 Å². The first-order valence-corrected chi connectivity index (χ1v) is 15.6. The number of ether oxygens (including phenoxy) is 3. The maximum absolute atomic E-state index is 14.2. The van der Waals surface area contributed by atoms with Crippen LogP contribution in [0.1, 0.15) is 35.2 Å². The first kappa shape index (κ1) is 30.6. The fourth-order valence-corrected chi connectivity index (χ4v) is 6.51. The third-order valence-corrected chi connectivity index (χ3v) is 8.79. The van der Waals surface area contributed by atoms with Gasteiger partial charge in [0, 0.05) is 11.3 Å². The number of benzene rings is 4. The minimum absolute atomic E-state index is 0.240. The van der Waals surface area contributed by atoms with Gasteiger partial charge in [0.2, 0.25) is 0 Å². The number of anilines is 1. The standard InChI is InChI=1S/C37H33N3O5S/c1-23-10-8-9-13-30(23)45-22-27-20-25(14-19-31(27)44-4)21-32-36(42)40-34(26-15-17-29(43-3)18-16-26)33(24(2)38-37(40)46-32)35(41)39-28-11-6-5-7-12-28/h5-21,34H,22H2,1-4H3,(H,39,41)/b32-21+. The number of para-hydroxylation sites is 2. The van der Waals surface area contributed by atoms with Crippen LogP contribution in [0.5, 0.6) is 17.2 Å². The van der Waals surface area contributed by atoms with Crippen molar-refractivity contribution in [3.63, 3.8) is 0 Å². The van der Waals surface area contributed by atoms with Crippen molar-refractivity contribution in [1.29, 1.82) is 0 Å². The summed E-state index contributed by atoms with van der Waals surface area (Å²) in [6.07, 6.45) is 1.84. The van der Waals surface area contributed by atoms with Crippen LogP contribution in [0.15, 0.2) is 118 Å². The monoisotopic (exact) mass is 631 g/mol. The highest BCUT2D eigenvalue weighted by molar-refractivity contribution is 7.07. The van der Waals surface area contributed by atoms with E-state index < -0.39 is 6.04 Å². The maximum Gasteiger partial charge on any atom is 0.271 e. The second-order valence-corrected chi connectivity index (χ2v) is 11.8. The Morgan fingerprint density at radius 1 is 0.913 bits per heavy atom. The number of amides is 1. The number of allylic oxidation sites excluding steroid dienone is 1. The molecule has 46 heavy (non-hydrogen) atoms. The zero-order valence-electron chi connectivity index (χ0n) is 25.9. The molecule has 4 aromatic carbocycles. The van der Waals surface area contributed by atoms with Crippen molar-refractivity contribution < 1.29 is 19.0 Å². The van der Waals surface area contributed by atoms with Gasteiger partial charge in [0.05, 0.1) is 36.1 Å². The summed E-state index contributed by atoms with van der Waals surface area (Å²) in [7, 11) is 3.22. The Morgan fingerprint density at radius 3 is 2.37 bits per heavy atom. The number of carbonyl (C=O) groups excluding carboxylic acids is 1. The van der Waals surface area contributed by atoms with Crippen molar-refractivity contribution in [2.45, 2.75) is 26.5 Å². The van der Waals surface area contributed by atoms with E-state index in [0.717, 1.165) is 28.0 Å². The number of fused-ring (bicyclic) bond motifs is 1. The molecule has 232 valence electrons.